The van der Waals surface area contributed by atoms with Crippen molar-refractivity contribution in [3.63, 3.8) is 0 Å². The largest absolute Gasteiger partial charge is 0.481 e. The number of nitrogens with one attached hydrogen (secondary N) is 1. The Kier molecular flexibility index (Phi) is 5.42. The zero-order valence-electron chi connectivity index (χ0n) is 11.3. The zero-order valence-corrected chi connectivity index (χ0v) is 12.1. The van der Waals surface area contributed by atoms with E-state index in [1.807, 2.05) is 13.8 Å². The summed E-state index contributed by atoms with van der Waals surface area (Å²) < 4.78 is 1.79. The third kappa shape index (κ3) is 4.28. The molecule has 0 aromatic carbocycles. The average molecular weight is 287 g/mol. The van der Waals surface area contributed by atoms with E-state index >= 15 is 0 Å². The van der Waals surface area contributed by atoms with E-state index in [4.69, 9.17) is 16.7 Å². The van der Waals surface area contributed by atoms with Crippen molar-refractivity contribution in [2.24, 2.45) is 5.92 Å². The van der Waals surface area contributed by atoms with Crippen LogP contribution in [0.15, 0.2) is 12.3 Å². The standard InChI is InChI=1S/C13H19ClN2O3/c1-8(2)16-7-10(14)6-11(16)12(17)15-5-4-9(3)13(18)19/h6-9H,4-5H2,1-3H3,(H,15,17)(H,18,19). The Hall–Kier alpha value is -1.49. The van der Waals surface area contributed by atoms with Crippen molar-refractivity contribution in [1.82, 2.24) is 9.88 Å². The Balaban J connectivity index is 2.61. The minimum Gasteiger partial charge on any atom is -0.481 e. The SMILES string of the molecule is CC(CCNC(=O)c1cc(Cl)cn1C(C)C)C(=O)O. The topological polar surface area (TPSA) is 71.3 Å². The molecule has 0 bridgehead atoms. The van der Waals surface area contributed by atoms with E-state index in [2.05, 4.69) is 5.32 Å². The summed E-state index contributed by atoms with van der Waals surface area (Å²) in [6.45, 7) is 5.86. The van der Waals surface area contributed by atoms with Crippen LogP contribution in [0, 0.1) is 5.92 Å². The maximum absolute atomic E-state index is 12.0. The average Bonchev–Trinajstić information content (AvgIpc) is 2.71. The summed E-state index contributed by atoms with van der Waals surface area (Å²) in [5.74, 6) is -1.57. The lowest BCUT2D eigenvalue weighted by Gasteiger charge is -2.13. The molecule has 0 saturated carbocycles. The molecule has 0 aliphatic carbocycles. The Morgan fingerprint density at radius 1 is 1.42 bits per heavy atom. The number of carbonyl (C=O) groups excluding carboxylic acids is 1. The van der Waals surface area contributed by atoms with E-state index in [0.29, 0.717) is 23.7 Å². The van der Waals surface area contributed by atoms with E-state index in [9.17, 15) is 9.59 Å². The molecule has 19 heavy (non-hydrogen) atoms. The van der Waals surface area contributed by atoms with Crippen LogP contribution in [0.3, 0.4) is 0 Å². The molecule has 1 heterocycles. The second-order valence-electron chi connectivity index (χ2n) is 4.83. The molecule has 1 atom stereocenters. The number of nitrogens with zero attached hydrogens (tertiary/aromatic N) is 1. The number of carbonyl (C=O) groups is 2. The van der Waals surface area contributed by atoms with Gasteiger partial charge in [0.1, 0.15) is 5.69 Å². The van der Waals surface area contributed by atoms with Crippen LogP contribution in [0.5, 0.6) is 0 Å². The molecule has 6 heteroatoms. The van der Waals surface area contributed by atoms with Crippen LogP contribution in [-0.2, 0) is 4.79 Å². The first-order valence-electron chi connectivity index (χ1n) is 6.21. The number of halogens is 1. The van der Waals surface area contributed by atoms with Crippen molar-refractivity contribution < 1.29 is 14.7 Å². The molecule has 2 N–H and O–H groups in total. The van der Waals surface area contributed by atoms with Gasteiger partial charge in [-0.3, -0.25) is 9.59 Å². The number of hydrogen-bond acceptors (Lipinski definition) is 2. The molecule has 5 nitrogen and oxygen atoms in total. The zero-order chi connectivity index (χ0) is 14.6. The molecule has 0 spiro atoms. The summed E-state index contributed by atoms with van der Waals surface area (Å²) in [5.41, 5.74) is 0.489. The molecule has 0 radical (unpaired) electrons. The minimum absolute atomic E-state index is 0.131. The van der Waals surface area contributed by atoms with Crippen LogP contribution in [0.2, 0.25) is 5.02 Å². The Labute approximate surface area is 117 Å². The second-order valence-corrected chi connectivity index (χ2v) is 5.26. The first kappa shape index (κ1) is 15.6. The number of rotatable bonds is 6. The molecule has 0 aliphatic heterocycles. The molecular weight excluding hydrogens is 268 g/mol. The van der Waals surface area contributed by atoms with Crippen LogP contribution in [0.1, 0.15) is 43.7 Å². The fourth-order valence-electron chi connectivity index (χ4n) is 1.67. The Morgan fingerprint density at radius 3 is 2.58 bits per heavy atom. The van der Waals surface area contributed by atoms with E-state index in [1.165, 1.54) is 0 Å². The Bertz CT molecular complexity index is 468. The predicted molar refractivity (Wildman–Crippen MR) is 73.6 cm³/mol. The lowest BCUT2D eigenvalue weighted by atomic mass is 10.1. The van der Waals surface area contributed by atoms with Gasteiger partial charge in [-0.05, 0) is 26.3 Å². The molecule has 1 amide bonds. The number of amides is 1. The van der Waals surface area contributed by atoms with Gasteiger partial charge in [-0.2, -0.15) is 0 Å². The van der Waals surface area contributed by atoms with E-state index in [-0.39, 0.29) is 11.9 Å². The second kappa shape index (κ2) is 6.61. The fraction of sp³-hybridized carbons (Fsp3) is 0.538. The minimum atomic E-state index is -0.858. The monoisotopic (exact) mass is 286 g/mol. The van der Waals surface area contributed by atoms with Crippen molar-refractivity contribution in [3.05, 3.63) is 23.0 Å². The molecule has 1 aromatic heterocycles. The fourth-order valence-corrected chi connectivity index (χ4v) is 1.88. The van der Waals surface area contributed by atoms with Gasteiger partial charge in [0, 0.05) is 18.8 Å². The smallest absolute Gasteiger partial charge is 0.306 e. The molecule has 0 fully saturated rings. The van der Waals surface area contributed by atoms with Gasteiger partial charge >= 0.3 is 5.97 Å². The summed E-state index contributed by atoms with van der Waals surface area (Å²) in [4.78, 5) is 22.7. The van der Waals surface area contributed by atoms with E-state index in [0.717, 1.165) is 0 Å². The van der Waals surface area contributed by atoms with Gasteiger partial charge < -0.3 is 15.0 Å². The van der Waals surface area contributed by atoms with Crippen molar-refractivity contribution in [2.75, 3.05) is 6.54 Å². The van der Waals surface area contributed by atoms with Crippen molar-refractivity contribution in [3.8, 4) is 0 Å². The maximum atomic E-state index is 12.0. The van der Waals surface area contributed by atoms with Crippen LogP contribution in [0.4, 0.5) is 0 Å². The third-order valence-electron chi connectivity index (χ3n) is 2.89. The van der Waals surface area contributed by atoms with Crippen LogP contribution < -0.4 is 5.32 Å². The molecular formula is C13H19ClN2O3. The summed E-state index contributed by atoms with van der Waals surface area (Å²) in [6.07, 6.45) is 2.11. The number of hydrogen-bond donors (Lipinski definition) is 2. The number of carboxylic acids is 1. The highest BCUT2D eigenvalue weighted by molar-refractivity contribution is 6.31. The van der Waals surface area contributed by atoms with Crippen LogP contribution in [-0.4, -0.2) is 28.1 Å². The molecule has 1 unspecified atom stereocenters. The maximum Gasteiger partial charge on any atom is 0.306 e. The van der Waals surface area contributed by atoms with E-state index in [1.54, 1.807) is 23.8 Å². The lowest BCUT2D eigenvalue weighted by Crippen LogP contribution is -2.29. The van der Waals surface area contributed by atoms with Gasteiger partial charge in [-0.25, -0.2) is 0 Å². The quantitative estimate of drug-likeness (QED) is 0.844. The summed E-state index contributed by atoms with van der Waals surface area (Å²) in [7, 11) is 0. The number of aromatic nitrogens is 1. The summed E-state index contributed by atoms with van der Waals surface area (Å²) in [6, 6.07) is 1.74. The molecule has 1 rings (SSSR count). The van der Waals surface area contributed by atoms with Crippen LogP contribution >= 0.6 is 11.6 Å². The number of aliphatic carboxylic acids is 1. The Morgan fingerprint density at radius 2 is 2.05 bits per heavy atom. The molecule has 1 aromatic rings. The van der Waals surface area contributed by atoms with Crippen LogP contribution in [0.25, 0.3) is 0 Å². The highest BCUT2D eigenvalue weighted by Gasteiger charge is 2.16. The molecule has 106 valence electrons. The van der Waals surface area contributed by atoms with Crippen molar-refractivity contribution in [1.29, 1.82) is 0 Å². The first-order valence-corrected chi connectivity index (χ1v) is 6.59. The predicted octanol–water partition coefficient (Wildman–Crippen LogP) is 2.56. The molecule has 0 saturated heterocycles. The van der Waals surface area contributed by atoms with Gasteiger partial charge in [-0.1, -0.05) is 18.5 Å². The highest BCUT2D eigenvalue weighted by atomic mass is 35.5. The highest BCUT2D eigenvalue weighted by Crippen LogP contribution is 2.18. The van der Waals surface area contributed by atoms with Crippen molar-refractivity contribution >= 4 is 23.5 Å². The van der Waals surface area contributed by atoms with Gasteiger partial charge in [0.25, 0.3) is 5.91 Å². The first-order chi connectivity index (χ1) is 8.82. The van der Waals surface area contributed by atoms with Gasteiger partial charge in [0.2, 0.25) is 0 Å². The van der Waals surface area contributed by atoms with Gasteiger partial charge in [-0.15, -0.1) is 0 Å². The number of carboxylic acid groups (broad SMARTS) is 1. The summed E-state index contributed by atoms with van der Waals surface area (Å²) in [5, 5.41) is 12.0. The van der Waals surface area contributed by atoms with Crippen molar-refractivity contribution in [2.45, 2.75) is 33.2 Å². The normalized spacial score (nSPS) is 12.5. The van der Waals surface area contributed by atoms with E-state index < -0.39 is 11.9 Å². The van der Waals surface area contributed by atoms with Gasteiger partial charge in [0.05, 0.1) is 10.9 Å². The molecule has 0 aliphatic rings. The van der Waals surface area contributed by atoms with Gasteiger partial charge in [0.15, 0.2) is 0 Å². The third-order valence-corrected chi connectivity index (χ3v) is 3.10. The lowest BCUT2D eigenvalue weighted by molar-refractivity contribution is -0.141. The summed E-state index contributed by atoms with van der Waals surface area (Å²) >= 11 is 5.90.